The molecule has 18 heavy (non-hydrogen) atoms. The third-order valence-corrected chi connectivity index (χ3v) is 2.51. The van der Waals surface area contributed by atoms with E-state index in [1.54, 1.807) is 24.1 Å². The molecule has 6 heteroatoms. The highest BCUT2D eigenvalue weighted by Gasteiger charge is 2.09. The largest absolute Gasteiger partial charge is 0.393 e. The molecule has 0 aliphatic heterocycles. The second kappa shape index (κ2) is 7.03. The van der Waals surface area contributed by atoms with Crippen LogP contribution in [0.4, 0.5) is 10.1 Å². The highest BCUT2D eigenvalue weighted by atomic mass is 32.1. The van der Waals surface area contributed by atoms with Crippen LogP contribution < -0.4 is 11.1 Å². The topological polar surface area (TPSA) is 58.4 Å². The number of nitrogens with one attached hydrogen (secondary N) is 1. The van der Waals surface area contributed by atoms with Crippen molar-refractivity contribution in [2.24, 2.45) is 5.73 Å². The molecule has 1 amide bonds. The second-order valence-corrected chi connectivity index (χ2v) is 4.51. The molecule has 1 aromatic carbocycles. The number of amides is 1. The number of nitrogens with zero attached hydrogens (tertiary/aromatic N) is 1. The summed E-state index contributed by atoms with van der Waals surface area (Å²) in [6.45, 7) is 0.761. The minimum atomic E-state index is -0.448. The molecule has 0 aliphatic rings. The Bertz CT molecular complexity index is 439. The molecule has 0 atom stereocenters. The van der Waals surface area contributed by atoms with E-state index >= 15 is 0 Å². The Morgan fingerprint density at radius 1 is 1.50 bits per heavy atom. The minimum absolute atomic E-state index is 0.164. The van der Waals surface area contributed by atoms with E-state index in [0.29, 0.717) is 18.0 Å². The Labute approximate surface area is 111 Å². The number of carbonyl (C=O) groups is 1. The molecular weight excluding hydrogens is 253 g/mol. The van der Waals surface area contributed by atoms with Gasteiger partial charge in [0.2, 0.25) is 5.91 Å². The third kappa shape index (κ3) is 5.20. The molecule has 0 aromatic heterocycles. The quantitative estimate of drug-likeness (QED) is 0.766. The van der Waals surface area contributed by atoms with Gasteiger partial charge in [-0.25, -0.2) is 4.39 Å². The highest BCUT2D eigenvalue weighted by Crippen LogP contribution is 2.11. The van der Waals surface area contributed by atoms with Gasteiger partial charge in [0.05, 0.1) is 17.2 Å². The molecule has 0 radical (unpaired) electrons. The first-order valence-electron chi connectivity index (χ1n) is 5.50. The van der Waals surface area contributed by atoms with Crippen LogP contribution in [-0.2, 0) is 4.79 Å². The van der Waals surface area contributed by atoms with Crippen molar-refractivity contribution in [2.75, 3.05) is 25.5 Å². The van der Waals surface area contributed by atoms with Gasteiger partial charge < -0.3 is 11.1 Å². The number of rotatable bonds is 6. The van der Waals surface area contributed by atoms with Gasteiger partial charge in [-0.1, -0.05) is 24.4 Å². The van der Waals surface area contributed by atoms with Crippen molar-refractivity contribution in [3.05, 3.63) is 30.1 Å². The van der Waals surface area contributed by atoms with Crippen LogP contribution in [0.2, 0.25) is 0 Å². The predicted molar refractivity (Wildman–Crippen MR) is 73.9 cm³/mol. The lowest BCUT2D eigenvalue weighted by Crippen LogP contribution is -2.32. The van der Waals surface area contributed by atoms with Crippen LogP contribution in [0.3, 0.4) is 0 Å². The zero-order valence-electron chi connectivity index (χ0n) is 10.1. The summed E-state index contributed by atoms with van der Waals surface area (Å²) in [6.07, 6.45) is 0.554. The number of likely N-dealkylation sites (N-methyl/N-ethyl adjacent to an activating group) is 1. The highest BCUT2D eigenvalue weighted by molar-refractivity contribution is 7.80. The molecule has 0 heterocycles. The fourth-order valence-electron chi connectivity index (χ4n) is 1.38. The van der Waals surface area contributed by atoms with Crippen LogP contribution in [0.25, 0.3) is 0 Å². The van der Waals surface area contributed by atoms with Crippen molar-refractivity contribution < 1.29 is 9.18 Å². The molecule has 0 saturated carbocycles. The van der Waals surface area contributed by atoms with Gasteiger partial charge in [-0.05, 0) is 19.2 Å². The molecule has 0 saturated heterocycles. The monoisotopic (exact) mass is 269 g/mol. The molecule has 98 valence electrons. The first-order valence-corrected chi connectivity index (χ1v) is 5.91. The van der Waals surface area contributed by atoms with Gasteiger partial charge in [-0.2, -0.15) is 0 Å². The van der Waals surface area contributed by atoms with Crippen molar-refractivity contribution in [2.45, 2.75) is 6.42 Å². The summed E-state index contributed by atoms with van der Waals surface area (Å²) in [5.74, 6) is -0.720. The number of halogens is 1. The SMILES string of the molecule is CN(CCC(N)=S)CC(=O)Nc1ccccc1F. The van der Waals surface area contributed by atoms with Crippen molar-refractivity contribution >= 4 is 28.8 Å². The average molecular weight is 269 g/mol. The zero-order chi connectivity index (χ0) is 13.5. The molecule has 0 bridgehead atoms. The fraction of sp³-hybridized carbons (Fsp3) is 0.333. The molecule has 1 rings (SSSR count). The van der Waals surface area contributed by atoms with Gasteiger partial charge in [0.1, 0.15) is 5.82 Å². The lowest BCUT2D eigenvalue weighted by atomic mass is 10.3. The molecule has 0 spiro atoms. The number of thiocarbonyl (C=S) groups is 1. The number of para-hydroxylation sites is 1. The normalized spacial score (nSPS) is 10.4. The van der Waals surface area contributed by atoms with Crippen LogP contribution in [0.5, 0.6) is 0 Å². The van der Waals surface area contributed by atoms with Crippen LogP contribution in [0.15, 0.2) is 24.3 Å². The van der Waals surface area contributed by atoms with Crippen molar-refractivity contribution in [1.29, 1.82) is 0 Å². The Balaban J connectivity index is 2.42. The van der Waals surface area contributed by atoms with Gasteiger partial charge in [-0.3, -0.25) is 9.69 Å². The maximum absolute atomic E-state index is 13.3. The van der Waals surface area contributed by atoms with Crippen molar-refractivity contribution in [1.82, 2.24) is 4.90 Å². The molecule has 0 fully saturated rings. The molecule has 3 N–H and O–H groups in total. The minimum Gasteiger partial charge on any atom is -0.393 e. The number of benzene rings is 1. The first-order chi connectivity index (χ1) is 8.49. The molecular formula is C12H16FN3OS. The Hall–Kier alpha value is -1.53. The zero-order valence-corrected chi connectivity index (χ0v) is 11.0. The molecule has 0 unspecified atom stereocenters. The van der Waals surface area contributed by atoms with Gasteiger partial charge in [0, 0.05) is 13.0 Å². The summed E-state index contributed by atoms with van der Waals surface area (Å²) in [6, 6.07) is 6.04. The van der Waals surface area contributed by atoms with Crippen molar-refractivity contribution in [3.8, 4) is 0 Å². The molecule has 0 aliphatic carbocycles. The third-order valence-electron chi connectivity index (χ3n) is 2.30. The molecule has 4 nitrogen and oxygen atoms in total. The van der Waals surface area contributed by atoms with E-state index in [0.717, 1.165) is 0 Å². The van der Waals surface area contributed by atoms with Crippen LogP contribution in [0.1, 0.15) is 6.42 Å². The number of anilines is 1. The lowest BCUT2D eigenvalue weighted by molar-refractivity contribution is -0.117. The summed E-state index contributed by atoms with van der Waals surface area (Å²) < 4.78 is 13.3. The smallest absolute Gasteiger partial charge is 0.238 e. The fourth-order valence-corrected chi connectivity index (χ4v) is 1.47. The summed E-state index contributed by atoms with van der Waals surface area (Å²) in [5, 5.41) is 2.51. The summed E-state index contributed by atoms with van der Waals surface area (Å²) in [5.41, 5.74) is 5.56. The standard InChI is InChI=1S/C12H16FN3OS/c1-16(7-6-11(14)18)8-12(17)15-10-5-3-2-4-9(10)13/h2-5H,6-8H2,1H3,(H2,14,18)(H,15,17). The first kappa shape index (κ1) is 14.5. The van der Waals surface area contributed by atoms with Crippen LogP contribution in [0, 0.1) is 5.82 Å². The Kier molecular flexibility index (Phi) is 5.67. The maximum Gasteiger partial charge on any atom is 0.238 e. The van der Waals surface area contributed by atoms with Gasteiger partial charge in [0.25, 0.3) is 0 Å². The van der Waals surface area contributed by atoms with E-state index in [1.165, 1.54) is 12.1 Å². The van der Waals surface area contributed by atoms with Gasteiger partial charge >= 0.3 is 0 Å². The second-order valence-electron chi connectivity index (χ2n) is 3.98. The summed E-state index contributed by atoms with van der Waals surface area (Å²) in [7, 11) is 1.78. The lowest BCUT2D eigenvalue weighted by Gasteiger charge is -2.15. The van der Waals surface area contributed by atoms with E-state index in [-0.39, 0.29) is 18.1 Å². The van der Waals surface area contributed by atoms with Crippen molar-refractivity contribution in [3.63, 3.8) is 0 Å². The number of hydrogen-bond acceptors (Lipinski definition) is 3. The molecule has 1 aromatic rings. The average Bonchev–Trinajstić information content (AvgIpc) is 2.29. The van der Waals surface area contributed by atoms with Gasteiger partial charge in [-0.15, -0.1) is 0 Å². The number of hydrogen-bond donors (Lipinski definition) is 2. The van der Waals surface area contributed by atoms with E-state index < -0.39 is 5.82 Å². The number of nitrogens with two attached hydrogens (primary N) is 1. The van der Waals surface area contributed by atoms with E-state index in [1.807, 2.05) is 0 Å². The number of carbonyl (C=O) groups excluding carboxylic acids is 1. The Morgan fingerprint density at radius 3 is 2.78 bits per heavy atom. The summed E-state index contributed by atoms with van der Waals surface area (Å²) in [4.78, 5) is 13.8. The van der Waals surface area contributed by atoms with E-state index in [2.05, 4.69) is 5.32 Å². The van der Waals surface area contributed by atoms with Crippen LogP contribution >= 0.6 is 12.2 Å². The van der Waals surface area contributed by atoms with Gasteiger partial charge in [0.15, 0.2) is 0 Å². The predicted octanol–water partition coefficient (Wildman–Crippen LogP) is 1.37. The maximum atomic E-state index is 13.3. The Morgan fingerprint density at radius 2 is 2.17 bits per heavy atom. The van der Waals surface area contributed by atoms with E-state index in [4.69, 9.17) is 18.0 Å². The summed E-state index contributed by atoms with van der Waals surface area (Å²) >= 11 is 4.75. The van der Waals surface area contributed by atoms with Crippen LogP contribution in [-0.4, -0.2) is 35.9 Å². The van der Waals surface area contributed by atoms with E-state index in [9.17, 15) is 9.18 Å².